The van der Waals surface area contributed by atoms with Crippen molar-refractivity contribution in [2.24, 2.45) is 10.9 Å². The smallest absolute Gasteiger partial charge is 0.227 e. The molecule has 1 heterocycles. The first kappa shape index (κ1) is 13.1. The predicted octanol–water partition coefficient (Wildman–Crippen LogP) is -0.712. The molecule has 1 aliphatic heterocycles. The fourth-order valence-electron chi connectivity index (χ4n) is 1.44. The lowest BCUT2D eigenvalue weighted by molar-refractivity contribution is -0.120. The SMILES string of the molecule is NC(CC(=O)NCCN1CCSCC1)=NO. The van der Waals surface area contributed by atoms with Crippen molar-refractivity contribution in [3.05, 3.63) is 0 Å². The molecule has 1 rings (SSSR count). The summed E-state index contributed by atoms with van der Waals surface area (Å²) in [6.07, 6.45) is -0.0493. The van der Waals surface area contributed by atoms with E-state index in [0.717, 1.165) is 31.1 Å². The Morgan fingerprint density at radius 2 is 2.19 bits per heavy atom. The molecule has 1 amide bonds. The van der Waals surface area contributed by atoms with E-state index in [1.165, 1.54) is 0 Å². The number of amidine groups is 1. The number of amides is 1. The van der Waals surface area contributed by atoms with Crippen LogP contribution in [0.2, 0.25) is 0 Å². The monoisotopic (exact) mass is 246 g/mol. The molecule has 7 heteroatoms. The number of hydrogen-bond donors (Lipinski definition) is 3. The topological polar surface area (TPSA) is 91.0 Å². The van der Waals surface area contributed by atoms with Crippen molar-refractivity contribution >= 4 is 23.5 Å². The number of nitrogens with zero attached hydrogens (tertiary/aromatic N) is 2. The van der Waals surface area contributed by atoms with E-state index >= 15 is 0 Å². The van der Waals surface area contributed by atoms with E-state index < -0.39 is 0 Å². The number of nitrogens with one attached hydrogen (secondary N) is 1. The van der Waals surface area contributed by atoms with Gasteiger partial charge in [0.05, 0.1) is 6.42 Å². The summed E-state index contributed by atoms with van der Waals surface area (Å²) in [7, 11) is 0. The predicted molar refractivity (Wildman–Crippen MR) is 64.8 cm³/mol. The summed E-state index contributed by atoms with van der Waals surface area (Å²) in [5.41, 5.74) is 5.21. The Balaban J connectivity index is 2.07. The lowest BCUT2D eigenvalue weighted by atomic mass is 10.3. The van der Waals surface area contributed by atoms with E-state index in [4.69, 9.17) is 10.9 Å². The molecule has 1 fully saturated rings. The molecule has 0 aromatic heterocycles. The molecule has 0 aromatic carbocycles. The van der Waals surface area contributed by atoms with Gasteiger partial charge in [0.15, 0.2) is 0 Å². The van der Waals surface area contributed by atoms with Crippen molar-refractivity contribution in [1.29, 1.82) is 0 Å². The molecule has 0 radical (unpaired) electrons. The number of rotatable bonds is 5. The first-order valence-electron chi connectivity index (χ1n) is 5.25. The Kier molecular flexibility index (Phi) is 6.02. The molecule has 0 spiro atoms. The number of hydrogen-bond acceptors (Lipinski definition) is 5. The van der Waals surface area contributed by atoms with Gasteiger partial charge in [-0.05, 0) is 0 Å². The van der Waals surface area contributed by atoms with Crippen LogP contribution in [0.3, 0.4) is 0 Å². The van der Waals surface area contributed by atoms with Crippen LogP contribution in [0.1, 0.15) is 6.42 Å². The van der Waals surface area contributed by atoms with Gasteiger partial charge in [-0.15, -0.1) is 0 Å². The molecule has 1 aliphatic rings. The third-order valence-electron chi connectivity index (χ3n) is 2.32. The summed E-state index contributed by atoms with van der Waals surface area (Å²) in [5.74, 6) is 2.06. The normalized spacial score (nSPS) is 18.4. The van der Waals surface area contributed by atoms with Crippen molar-refractivity contribution in [2.75, 3.05) is 37.7 Å². The van der Waals surface area contributed by atoms with E-state index in [-0.39, 0.29) is 18.2 Å². The summed E-state index contributed by atoms with van der Waals surface area (Å²) >= 11 is 1.96. The van der Waals surface area contributed by atoms with Crippen LogP contribution in [0.25, 0.3) is 0 Å². The molecule has 1 saturated heterocycles. The highest BCUT2D eigenvalue weighted by Crippen LogP contribution is 2.07. The minimum atomic E-state index is -0.207. The van der Waals surface area contributed by atoms with Crippen LogP contribution in [0.5, 0.6) is 0 Å². The lowest BCUT2D eigenvalue weighted by Crippen LogP contribution is -2.39. The van der Waals surface area contributed by atoms with Crippen LogP contribution < -0.4 is 11.1 Å². The largest absolute Gasteiger partial charge is 0.409 e. The maximum Gasteiger partial charge on any atom is 0.227 e. The highest BCUT2D eigenvalue weighted by atomic mass is 32.2. The average molecular weight is 246 g/mol. The lowest BCUT2D eigenvalue weighted by Gasteiger charge is -2.25. The quantitative estimate of drug-likeness (QED) is 0.258. The number of carbonyl (C=O) groups is 1. The molecule has 6 nitrogen and oxygen atoms in total. The van der Waals surface area contributed by atoms with E-state index in [0.29, 0.717) is 6.54 Å². The van der Waals surface area contributed by atoms with Crippen molar-refractivity contribution in [3.8, 4) is 0 Å². The summed E-state index contributed by atoms with van der Waals surface area (Å²) in [6.45, 7) is 3.65. The van der Waals surface area contributed by atoms with Crippen molar-refractivity contribution in [1.82, 2.24) is 10.2 Å². The van der Waals surface area contributed by atoms with E-state index in [9.17, 15) is 4.79 Å². The zero-order valence-corrected chi connectivity index (χ0v) is 10.0. The molecular weight excluding hydrogens is 228 g/mol. The molecule has 0 saturated carbocycles. The average Bonchev–Trinajstić information content (AvgIpc) is 2.30. The fraction of sp³-hybridized carbons (Fsp3) is 0.778. The summed E-state index contributed by atoms with van der Waals surface area (Å²) in [4.78, 5) is 13.6. The Hall–Kier alpha value is -0.950. The van der Waals surface area contributed by atoms with Gasteiger partial charge in [0.25, 0.3) is 0 Å². The first-order chi connectivity index (χ1) is 7.72. The van der Waals surface area contributed by atoms with Crippen LogP contribution in [-0.4, -0.2) is 59.5 Å². The second kappa shape index (κ2) is 7.34. The zero-order valence-electron chi connectivity index (χ0n) is 9.19. The fourth-order valence-corrected chi connectivity index (χ4v) is 2.42. The van der Waals surface area contributed by atoms with Crippen molar-refractivity contribution < 1.29 is 10.0 Å². The molecule has 0 aromatic rings. The number of oxime groups is 1. The van der Waals surface area contributed by atoms with Crippen molar-refractivity contribution in [3.63, 3.8) is 0 Å². The molecule has 92 valence electrons. The number of nitrogens with two attached hydrogens (primary N) is 1. The van der Waals surface area contributed by atoms with Gasteiger partial charge in [-0.2, -0.15) is 11.8 Å². The summed E-state index contributed by atoms with van der Waals surface area (Å²) in [6, 6.07) is 0. The van der Waals surface area contributed by atoms with Gasteiger partial charge >= 0.3 is 0 Å². The Morgan fingerprint density at radius 3 is 2.81 bits per heavy atom. The zero-order chi connectivity index (χ0) is 11.8. The van der Waals surface area contributed by atoms with Gasteiger partial charge in [0, 0.05) is 37.7 Å². The minimum Gasteiger partial charge on any atom is -0.409 e. The van der Waals surface area contributed by atoms with Crippen LogP contribution in [-0.2, 0) is 4.79 Å². The molecular formula is C9H18N4O2S. The molecule has 4 N–H and O–H groups in total. The second-order valence-electron chi connectivity index (χ2n) is 3.57. The van der Waals surface area contributed by atoms with E-state index in [1.807, 2.05) is 11.8 Å². The van der Waals surface area contributed by atoms with Gasteiger partial charge in [0.1, 0.15) is 5.84 Å². The Morgan fingerprint density at radius 1 is 1.50 bits per heavy atom. The third kappa shape index (κ3) is 5.22. The minimum absolute atomic E-state index is 0.0493. The molecule has 16 heavy (non-hydrogen) atoms. The second-order valence-corrected chi connectivity index (χ2v) is 4.80. The molecule has 0 aliphatic carbocycles. The highest BCUT2D eigenvalue weighted by Gasteiger charge is 2.10. The number of thioether (sulfide) groups is 1. The molecule has 0 bridgehead atoms. The van der Waals surface area contributed by atoms with Gasteiger partial charge in [-0.25, -0.2) is 0 Å². The molecule has 0 unspecified atom stereocenters. The van der Waals surface area contributed by atoms with Crippen LogP contribution in [0.4, 0.5) is 0 Å². The van der Waals surface area contributed by atoms with Crippen LogP contribution >= 0.6 is 11.8 Å². The highest BCUT2D eigenvalue weighted by molar-refractivity contribution is 7.99. The van der Waals surface area contributed by atoms with Crippen LogP contribution in [0, 0.1) is 0 Å². The van der Waals surface area contributed by atoms with Crippen molar-refractivity contribution in [2.45, 2.75) is 6.42 Å². The van der Waals surface area contributed by atoms with E-state index in [2.05, 4.69) is 15.4 Å². The Labute approximate surface area is 99.2 Å². The standard InChI is InChI=1S/C9H18N4O2S/c10-8(12-15)7-9(14)11-1-2-13-3-5-16-6-4-13/h15H,1-7H2,(H2,10,12)(H,11,14). The maximum absolute atomic E-state index is 11.2. The number of carbonyl (C=O) groups excluding carboxylic acids is 1. The van der Waals surface area contributed by atoms with Gasteiger partial charge in [0.2, 0.25) is 5.91 Å². The maximum atomic E-state index is 11.2. The van der Waals surface area contributed by atoms with Gasteiger partial charge < -0.3 is 16.3 Å². The molecule has 0 atom stereocenters. The van der Waals surface area contributed by atoms with Gasteiger partial charge in [-0.3, -0.25) is 9.69 Å². The third-order valence-corrected chi connectivity index (χ3v) is 3.27. The summed E-state index contributed by atoms with van der Waals surface area (Å²) < 4.78 is 0. The first-order valence-corrected chi connectivity index (χ1v) is 6.41. The van der Waals surface area contributed by atoms with Crippen LogP contribution in [0.15, 0.2) is 5.16 Å². The van der Waals surface area contributed by atoms with E-state index in [1.54, 1.807) is 0 Å². The van der Waals surface area contributed by atoms with Gasteiger partial charge in [-0.1, -0.05) is 5.16 Å². The summed E-state index contributed by atoms with van der Waals surface area (Å²) in [5, 5.41) is 13.8. The Bertz CT molecular complexity index is 254.